The molecule has 1 aliphatic heterocycles. The molecule has 0 aromatic heterocycles. The molecule has 0 spiro atoms. The molecule has 2 N–H and O–H groups in total. The van der Waals surface area contributed by atoms with E-state index in [1.807, 2.05) is 12.1 Å². The third kappa shape index (κ3) is 2.77. The van der Waals surface area contributed by atoms with Gasteiger partial charge in [0, 0.05) is 35.7 Å². The van der Waals surface area contributed by atoms with Crippen molar-refractivity contribution in [1.82, 2.24) is 4.90 Å². The van der Waals surface area contributed by atoms with Gasteiger partial charge < -0.3 is 5.73 Å². The second-order valence-electron chi connectivity index (χ2n) is 4.02. The largest absolute Gasteiger partial charge is 0.326 e. The van der Waals surface area contributed by atoms with Gasteiger partial charge in [-0.25, -0.2) is 4.39 Å². The lowest BCUT2D eigenvalue weighted by atomic mass is 10.2. The lowest BCUT2D eigenvalue weighted by Crippen LogP contribution is -2.26. The molecule has 2 nitrogen and oxygen atoms in total. The zero-order valence-electron chi connectivity index (χ0n) is 8.42. The average molecular weight is 273 g/mol. The molecule has 1 fully saturated rings. The van der Waals surface area contributed by atoms with Crippen LogP contribution in [0, 0.1) is 5.82 Å². The van der Waals surface area contributed by atoms with Gasteiger partial charge in [0.1, 0.15) is 5.82 Å². The van der Waals surface area contributed by atoms with Crippen LogP contribution in [0.5, 0.6) is 0 Å². The van der Waals surface area contributed by atoms with E-state index in [2.05, 4.69) is 20.8 Å². The maximum atomic E-state index is 13.5. The fourth-order valence-corrected chi connectivity index (χ4v) is 2.23. The Hall–Kier alpha value is -0.450. The van der Waals surface area contributed by atoms with Gasteiger partial charge in [0.2, 0.25) is 0 Å². The van der Waals surface area contributed by atoms with Gasteiger partial charge in [-0.1, -0.05) is 22.0 Å². The quantitative estimate of drug-likeness (QED) is 0.894. The van der Waals surface area contributed by atoms with Gasteiger partial charge in [-0.15, -0.1) is 0 Å². The van der Waals surface area contributed by atoms with Crippen LogP contribution in [0.3, 0.4) is 0 Å². The maximum absolute atomic E-state index is 13.5. The van der Waals surface area contributed by atoms with Gasteiger partial charge in [0.15, 0.2) is 0 Å². The summed E-state index contributed by atoms with van der Waals surface area (Å²) in [6, 6.07) is 5.45. The molecule has 1 heterocycles. The van der Waals surface area contributed by atoms with Crippen molar-refractivity contribution in [3.63, 3.8) is 0 Å². The molecule has 1 saturated heterocycles. The van der Waals surface area contributed by atoms with E-state index in [-0.39, 0.29) is 11.9 Å². The van der Waals surface area contributed by atoms with Gasteiger partial charge >= 0.3 is 0 Å². The SMILES string of the molecule is NC1CCN(Cc2ccc(Br)cc2F)C1. The molecule has 82 valence electrons. The van der Waals surface area contributed by atoms with Crippen LogP contribution >= 0.6 is 15.9 Å². The van der Waals surface area contributed by atoms with E-state index < -0.39 is 0 Å². The summed E-state index contributed by atoms with van der Waals surface area (Å²) in [5.74, 6) is -0.148. The zero-order chi connectivity index (χ0) is 10.8. The number of rotatable bonds is 2. The number of hydrogen-bond donors (Lipinski definition) is 1. The van der Waals surface area contributed by atoms with Crippen LogP contribution in [0.25, 0.3) is 0 Å². The first-order valence-electron chi connectivity index (χ1n) is 5.07. The van der Waals surface area contributed by atoms with E-state index >= 15 is 0 Å². The highest BCUT2D eigenvalue weighted by atomic mass is 79.9. The second kappa shape index (κ2) is 4.60. The monoisotopic (exact) mass is 272 g/mol. The number of hydrogen-bond acceptors (Lipinski definition) is 2. The summed E-state index contributed by atoms with van der Waals surface area (Å²) in [5, 5.41) is 0. The van der Waals surface area contributed by atoms with Crippen molar-refractivity contribution in [3.8, 4) is 0 Å². The molecule has 4 heteroatoms. The molecule has 0 aliphatic carbocycles. The second-order valence-corrected chi connectivity index (χ2v) is 4.94. The molecule has 0 bridgehead atoms. The molecular formula is C11H14BrFN2. The van der Waals surface area contributed by atoms with Crippen molar-refractivity contribution >= 4 is 15.9 Å². The summed E-state index contributed by atoms with van der Waals surface area (Å²) in [4.78, 5) is 2.19. The van der Waals surface area contributed by atoms with E-state index in [0.29, 0.717) is 6.54 Å². The summed E-state index contributed by atoms with van der Waals surface area (Å²) in [7, 11) is 0. The minimum atomic E-state index is -0.148. The summed E-state index contributed by atoms with van der Waals surface area (Å²) >= 11 is 3.24. The molecule has 0 amide bonds. The highest BCUT2D eigenvalue weighted by Gasteiger charge is 2.19. The van der Waals surface area contributed by atoms with Crippen LogP contribution in [-0.2, 0) is 6.54 Å². The molecule has 15 heavy (non-hydrogen) atoms. The van der Waals surface area contributed by atoms with Gasteiger partial charge in [-0.2, -0.15) is 0 Å². The van der Waals surface area contributed by atoms with Crippen LogP contribution in [0.1, 0.15) is 12.0 Å². The summed E-state index contributed by atoms with van der Waals surface area (Å²) in [5.41, 5.74) is 6.54. The van der Waals surface area contributed by atoms with Crippen molar-refractivity contribution in [1.29, 1.82) is 0 Å². The summed E-state index contributed by atoms with van der Waals surface area (Å²) < 4.78 is 14.3. The molecule has 2 rings (SSSR count). The molecule has 1 atom stereocenters. The molecule has 0 saturated carbocycles. The fraction of sp³-hybridized carbons (Fsp3) is 0.455. The molecule has 1 aliphatic rings. The number of likely N-dealkylation sites (tertiary alicyclic amines) is 1. The number of nitrogens with zero attached hydrogens (tertiary/aromatic N) is 1. The lowest BCUT2D eigenvalue weighted by Gasteiger charge is -2.15. The molecule has 1 unspecified atom stereocenters. The van der Waals surface area contributed by atoms with E-state index in [9.17, 15) is 4.39 Å². The first-order valence-corrected chi connectivity index (χ1v) is 5.86. The van der Waals surface area contributed by atoms with E-state index in [4.69, 9.17) is 5.73 Å². The van der Waals surface area contributed by atoms with Crippen molar-refractivity contribution in [2.45, 2.75) is 19.0 Å². The standard InChI is InChI=1S/C11H14BrFN2/c12-9-2-1-8(11(13)5-9)6-15-4-3-10(14)7-15/h1-2,5,10H,3-4,6-7,14H2. The Kier molecular flexibility index (Phi) is 3.38. The van der Waals surface area contributed by atoms with Crippen molar-refractivity contribution in [2.24, 2.45) is 5.73 Å². The van der Waals surface area contributed by atoms with Crippen LogP contribution in [0.4, 0.5) is 4.39 Å². The third-order valence-corrected chi connectivity index (χ3v) is 3.21. The first kappa shape index (κ1) is 11.0. The van der Waals surface area contributed by atoms with Gasteiger partial charge in [-0.3, -0.25) is 4.90 Å². The van der Waals surface area contributed by atoms with Crippen LogP contribution in [-0.4, -0.2) is 24.0 Å². The van der Waals surface area contributed by atoms with E-state index in [0.717, 1.165) is 29.5 Å². The zero-order valence-corrected chi connectivity index (χ0v) is 10.0. The Morgan fingerprint density at radius 3 is 2.93 bits per heavy atom. The lowest BCUT2D eigenvalue weighted by molar-refractivity contribution is 0.321. The third-order valence-electron chi connectivity index (χ3n) is 2.72. The van der Waals surface area contributed by atoms with Crippen LogP contribution in [0.15, 0.2) is 22.7 Å². The Morgan fingerprint density at radius 2 is 2.33 bits per heavy atom. The number of nitrogens with two attached hydrogens (primary N) is 1. The van der Waals surface area contributed by atoms with Gasteiger partial charge in [-0.05, 0) is 18.6 Å². The summed E-state index contributed by atoms with van der Waals surface area (Å²) in [6.07, 6.45) is 1.01. The molecule has 1 aromatic rings. The highest BCUT2D eigenvalue weighted by Crippen LogP contribution is 2.18. The molecule has 0 radical (unpaired) electrons. The molecular weight excluding hydrogens is 259 g/mol. The minimum absolute atomic E-state index is 0.148. The minimum Gasteiger partial charge on any atom is -0.326 e. The Balaban J connectivity index is 2.04. The van der Waals surface area contributed by atoms with Gasteiger partial charge in [0.25, 0.3) is 0 Å². The molecule has 1 aromatic carbocycles. The fourth-order valence-electron chi connectivity index (χ4n) is 1.90. The van der Waals surface area contributed by atoms with Crippen molar-refractivity contribution in [3.05, 3.63) is 34.1 Å². The van der Waals surface area contributed by atoms with Crippen molar-refractivity contribution in [2.75, 3.05) is 13.1 Å². The smallest absolute Gasteiger partial charge is 0.128 e. The number of benzene rings is 1. The average Bonchev–Trinajstić information content (AvgIpc) is 2.56. The van der Waals surface area contributed by atoms with Crippen LogP contribution < -0.4 is 5.73 Å². The predicted octanol–water partition coefficient (Wildman–Crippen LogP) is 2.12. The number of halogens is 2. The normalized spacial score (nSPS) is 22.2. The summed E-state index contributed by atoms with van der Waals surface area (Å²) in [6.45, 7) is 2.50. The maximum Gasteiger partial charge on any atom is 0.128 e. The van der Waals surface area contributed by atoms with Crippen molar-refractivity contribution < 1.29 is 4.39 Å². The van der Waals surface area contributed by atoms with Gasteiger partial charge in [0.05, 0.1) is 0 Å². The predicted molar refractivity (Wildman–Crippen MR) is 62.0 cm³/mol. The highest BCUT2D eigenvalue weighted by molar-refractivity contribution is 9.10. The Bertz CT molecular complexity index is 356. The first-order chi connectivity index (χ1) is 7.15. The Labute approximate surface area is 97.4 Å². The van der Waals surface area contributed by atoms with E-state index in [1.165, 1.54) is 6.07 Å². The Morgan fingerprint density at radius 1 is 1.53 bits per heavy atom. The van der Waals surface area contributed by atoms with Crippen LogP contribution in [0.2, 0.25) is 0 Å². The topological polar surface area (TPSA) is 29.3 Å². The van der Waals surface area contributed by atoms with E-state index in [1.54, 1.807) is 0 Å².